The summed E-state index contributed by atoms with van der Waals surface area (Å²) >= 11 is 0. The largest absolute Gasteiger partial charge is 0.497 e. The van der Waals surface area contributed by atoms with Crippen molar-refractivity contribution in [2.45, 2.75) is 6.92 Å². The van der Waals surface area contributed by atoms with Crippen molar-refractivity contribution in [1.29, 1.82) is 0 Å². The quantitative estimate of drug-likeness (QED) is 0.520. The van der Waals surface area contributed by atoms with Crippen LogP contribution in [0.2, 0.25) is 0 Å². The van der Waals surface area contributed by atoms with Crippen LogP contribution < -0.4 is 4.74 Å². The lowest BCUT2D eigenvalue weighted by atomic mass is 9.80. The lowest BCUT2D eigenvalue weighted by Crippen LogP contribution is -2.25. The van der Waals surface area contributed by atoms with Crippen molar-refractivity contribution >= 4 is 28.3 Å². The molecule has 0 heterocycles. The minimum atomic E-state index is -0.631. The normalized spacial score (nSPS) is 12.5. The number of hydrogen-bond acceptors (Lipinski definition) is 5. The molecule has 3 aromatic rings. The van der Waals surface area contributed by atoms with Crippen molar-refractivity contribution in [3.8, 4) is 5.75 Å². The Morgan fingerprint density at radius 1 is 0.926 bits per heavy atom. The Morgan fingerprint density at radius 3 is 2.30 bits per heavy atom. The highest BCUT2D eigenvalue weighted by Crippen LogP contribution is 2.36. The SMILES string of the molecule is CCOC(=O)c1c2c(cc3ccc(OC)cc13)C(=O)c1ccccc1C2=O. The smallest absolute Gasteiger partial charge is 0.339 e. The molecule has 0 atom stereocenters. The average molecular weight is 360 g/mol. The number of esters is 1. The zero-order valence-electron chi connectivity index (χ0n) is 14.9. The number of fused-ring (bicyclic) bond motifs is 3. The number of benzene rings is 3. The summed E-state index contributed by atoms with van der Waals surface area (Å²) in [5, 5.41) is 1.19. The van der Waals surface area contributed by atoms with Crippen molar-refractivity contribution in [1.82, 2.24) is 0 Å². The molecule has 0 radical (unpaired) electrons. The number of hydrogen-bond donors (Lipinski definition) is 0. The van der Waals surface area contributed by atoms with Gasteiger partial charge in [0.2, 0.25) is 0 Å². The van der Waals surface area contributed by atoms with Crippen LogP contribution in [0, 0.1) is 0 Å². The Bertz CT molecular complexity index is 1130. The fourth-order valence-electron chi connectivity index (χ4n) is 3.49. The van der Waals surface area contributed by atoms with Gasteiger partial charge in [0.1, 0.15) is 5.75 Å². The summed E-state index contributed by atoms with van der Waals surface area (Å²) < 4.78 is 10.5. The Morgan fingerprint density at radius 2 is 1.63 bits per heavy atom. The van der Waals surface area contributed by atoms with E-state index in [-0.39, 0.29) is 34.9 Å². The lowest BCUT2D eigenvalue weighted by Gasteiger charge is -2.21. The molecule has 0 spiro atoms. The minimum absolute atomic E-state index is 0.0953. The van der Waals surface area contributed by atoms with Crippen LogP contribution in [0.1, 0.15) is 49.1 Å². The average Bonchev–Trinajstić information content (AvgIpc) is 2.70. The summed E-state index contributed by atoms with van der Waals surface area (Å²) in [5.41, 5.74) is 1.06. The summed E-state index contributed by atoms with van der Waals surface area (Å²) in [6, 6.07) is 13.5. The number of rotatable bonds is 3. The predicted octanol–water partition coefficient (Wildman–Crippen LogP) is 3.80. The lowest BCUT2D eigenvalue weighted by molar-refractivity contribution is 0.0526. The molecule has 0 fully saturated rings. The minimum Gasteiger partial charge on any atom is -0.497 e. The number of carbonyl (C=O) groups excluding carboxylic acids is 3. The second-order valence-corrected chi connectivity index (χ2v) is 6.19. The van der Waals surface area contributed by atoms with Crippen LogP contribution in [0.3, 0.4) is 0 Å². The summed E-state index contributed by atoms with van der Waals surface area (Å²) in [6.07, 6.45) is 0. The number of methoxy groups -OCH3 is 1. The third-order valence-corrected chi connectivity index (χ3v) is 4.72. The van der Waals surface area contributed by atoms with Crippen LogP contribution in [0.5, 0.6) is 5.75 Å². The third kappa shape index (κ3) is 2.51. The van der Waals surface area contributed by atoms with Gasteiger partial charge in [0.15, 0.2) is 11.6 Å². The summed E-state index contributed by atoms with van der Waals surface area (Å²) in [5.74, 6) is -0.715. The molecule has 5 nitrogen and oxygen atoms in total. The second kappa shape index (κ2) is 6.36. The van der Waals surface area contributed by atoms with Crippen LogP contribution in [-0.4, -0.2) is 31.3 Å². The maximum absolute atomic E-state index is 13.2. The van der Waals surface area contributed by atoms with Gasteiger partial charge in [-0.05, 0) is 30.5 Å². The standard InChI is InChI=1S/C22H16O5/c1-3-27-22(25)19-16-11-13(26-2)9-8-12(16)10-17-18(19)21(24)15-7-5-4-6-14(15)20(17)23/h4-11H,3H2,1-2H3. The second-order valence-electron chi connectivity index (χ2n) is 6.19. The highest BCUT2D eigenvalue weighted by atomic mass is 16.5. The Balaban J connectivity index is 2.11. The highest BCUT2D eigenvalue weighted by molar-refractivity contribution is 6.32. The topological polar surface area (TPSA) is 69.7 Å². The van der Waals surface area contributed by atoms with Crippen molar-refractivity contribution in [3.63, 3.8) is 0 Å². The van der Waals surface area contributed by atoms with E-state index in [1.54, 1.807) is 55.5 Å². The first-order chi connectivity index (χ1) is 13.1. The van der Waals surface area contributed by atoms with Crippen molar-refractivity contribution in [2.24, 2.45) is 0 Å². The van der Waals surface area contributed by atoms with E-state index in [4.69, 9.17) is 9.47 Å². The molecule has 4 rings (SSSR count). The van der Waals surface area contributed by atoms with Crippen molar-refractivity contribution in [2.75, 3.05) is 13.7 Å². The highest BCUT2D eigenvalue weighted by Gasteiger charge is 2.35. The molecule has 0 amide bonds. The Hall–Kier alpha value is -3.47. The van der Waals surface area contributed by atoms with Crippen LogP contribution in [0.4, 0.5) is 0 Å². The molecule has 3 aromatic carbocycles. The molecule has 1 aliphatic carbocycles. The molecular weight excluding hydrogens is 344 g/mol. The Labute approximate surface area is 155 Å². The molecule has 1 aliphatic rings. The van der Waals surface area contributed by atoms with Gasteiger partial charge in [-0.3, -0.25) is 9.59 Å². The van der Waals surface area contributed by atoms with E-state index in [1.807, 2.05) is 0 Å². The predicted molar refractivity (Wildman–Crippen MR) is 99.8 cm³/mol. The van der Waals surface area contributed by atoms with Gasteiger partial charge >= 0.3 is 5.97 Å². The van der Waals surface area contributed by atoms with Crippen LogP contribution >= 0.6 is 0 Å². The third-order valence-electron chi connectivity index (χ3n) is 4.72. The van der Waals surface area contributed by atoms with Crippen molar-refractivity contribution < 1.29 is 23.9 Å². The zero-order chi connectivity index (χ0) is 19.1. The van der Waals surface area contributed by atoms with Crippen LogP contribution in [0.25, 0.3) is 10.8 Å². The molecule has 0 aliphatic heterocycles. The fraction of sp³-hybridized carbons (Fsp3) is 0.136. The summed E-state index contributed by atoms with van der Waals surface area (Å²) in [6.45, 7) is 1.85. The first kappa shape index (κ1) is 17.0. The molecule has 0 N–H and O–H groups in total. The van der Waals surface area contributed by atoms with Gasteiger partial charge in [0, 0.05) is 27.6 Å². The maximum atomic E-state index is 13.2. The molecule has 0 saturated carbocycles. The van der Waals surface area contributed by atoms with Gasteiger partial charge in [-0.15, -0.1) is 0 Å². The molecule has 5 heteroatoms. The van der Waals surface area contributed by atoms with Gasteiger partial charge in [-0.25, -0.2) is 4.79 Å². The van der Waals surface area contributed by atoms with Gasteiger partial charge in [0.25, 0.3) is 0 Å². The molecule has 0 saturated heterocycles. The number of carbonyl (C=O) groups is 3. The van der Waals surface area contributed by atoms with E-state index in [0.717, 1.165) is 0 Å². The van der Waals surface area contributed by atoms with E-state index in [0.29, 0.717) is 27.6 Å². The van der Waals surface area contributed by atoms with Gasteiger partial charge in [-0.1, -0.05) is 30.3 Å². The number of ketones is 2. The van der Waals surface area contributed by atoms with Crippen LogP contribution in [0.15, 0.2) is 48.5 Å². The molecular formula is C22H16O5. The van der Waals surface area contributed by atoms with E-state index < -0.39 is 5.97 Å². The van der Waals surface area contributed by atoms with Crippen LogP contribution in [-0.2, 0) is 4.74 Å². The summed E-state index contributed by atoms with van der Waals surface area (Å²) in [4.78, 5) is 39.0. The fourth-order valence-corrected chi connectivity index (χ4v) is 3.49. The van der Waals surface area contributed by atoms with Gasteiger partial charge in [-0.2, -0.15) is 0 Å². The molecule has 134 valence electrons. The van der Waals surface area contributed by atoms with Gasteiger partial charge < -0.3 is 9.47 Å². The first-order valence-electron chi connectivity index (χ1n) is 8.57. The molecule has 0 aromatic heterocycles. The first-order valence-corrected chi connectivity index (χ1v) is 8.57. The van der Waals surface area contributed by atoms with Gasteiger partial charge in [0.05, 0.1) is 19.3 Å². The Kier molecular flexibility index (Phi) is 4.00. The van der Waals surface area contributed by atoms with E-state index in [2.05, 4.69) is 0 Å². The zero-order valence-corrected chi connectivity index (χ0v) is 14.9. The van der Waals surface area contributed by atoms with E-state index in [1.165, 1.54) is 7.11 Å². The monoisotopic (exact) mass is 360 g/mol. The molecule has 27 heavy (non-hydrogen) atoms. The van der Waals surface area contributed by atoms with E-state index >= 15 is 0 Å². The van der Waals surface area contributed by atoms with Crippen molar-refractivity contribution in [3.05, 3.63) is 76.3 Å². The molecule has 0 bridgehead atoms. The summed E-state index contributed by atoms with van der Waals surface area (Å²) in [7, 11) is 1.52. The number of ether oxygens (including phenoxy) is 2. The maximum Gasteiger partial charge on any atom is 0.339 e. The molecule has 0 unspecified atom stereocenters. The van der Waals surface area contributed by atoms with E-state index in [9.17, 15) is 14.4 Å².